The van der Waals surface area contributed by atoms with Gasteiger partial charge in [-0.05, 0) is 34.9 Å². The van der Waals surface area contributed by atoms with Crippen LogP contribution < -0.4 is 0 Å². The van der Waals surface area contributed by atoms with Gasteiger partial charge in [0.2, 0.25) is 0 Å². The Morgan fingerprint density at radius 3 is 2.47 bits per heavy atom. The van der Waals surface area contributed by atoms with E-state index in [1.807, 2.05) is 0 Å². The van der Waals surface area contributed by atoms with Gasteiger partial charge < -0.3 is 0 Å². The van der Waals surface area contributed by atoms with Crippen molar-refractivity contribution >= 4 is 38.1 Å². The number of ketones is 1. The third-order valence-electron chi connectivity index (χ3n) is 4.54. The largest absolute Gasteiger partial charge is 0.299 e. The molecule has 0 spiro atoms. The lowest BCUT2D eigenvalue weighted by Crippen LogP contribution is -2.44. The van der Waals surface area contributed by atoms with Gasteiger partial charge in [0.15, 0.2) is 0 Å². The van der Waals surface area contributed by atoms with Crippen molar-refractivity contribution in [2.75, 3.05) is 0 Å². The lowest BCUT2D eigenvalue weighted by Gasteiger charge is -2.38. The van der Waals surface area contributed by atoms with E-state index in [0.29, 0.717) is 12.3 Å². The number of carbonyl (C=O) groups is 1. The smallest absolute Gasteiger partial charge is 0.142 e. The molecule has 0 N–H and O–H groups in total. The van der Waals surface area contributed by atoms with Crippen LogP contribution >= 0.6 is 22.3 Å². The van der Waals surface area contributed by atoms with Gasteiger partial charge in [0.1, 0.15) is 20.5 Å². The van der Waals surface area contributed by atoms with Crippen LogP contribution in [0.25, 0.3) is 0 Å². The predicted molar refractivity (Wildman–Crippen MR) is 62.2 cm³/mol. The quantitative estimate of drug-likeness (QED) is 0.570. The molecule has 0 aromatic heterocycles. The minimum absolute atomic E-state index is 0.151. The van der Waals surface area contributed by atoms with Gasteiger partial charge in [-0.3, -0.25) is 4.79 Å². The fourth-order valence-electron chi connectivity index (χ4n) is 3.40. The van der Waals surface area contributed by atoms with Crippen LogP contribution in [0.5, 0.6) is 0 Å². The minimum Gasteiger partial charge on any atom is -0.299 e. The third-order valence-corrected chi connectivity index (χ3v) is 6.93. The number of halogens is 2. The zero-order valence-electron chi connectivity index (χ0n) is 8.76. The van der Waals surface area contributed by atoms with Crippen LogP contribution in [0.4, 0.5) is 0 Å². The molecule has 2 nitrogen and oxygen atoms in total. The Kier molecular flexibility index (Phi) is 2.73. The zero-order chi connectivity index (χ0) is 11.4. The number of carbonyl (C=O) groups excluding carboxylic acids is 1. The second-order valence-corrected chi connectivity index (χ2v) is 7.70. The predicted octanol–water partition coefficient (Wildman–Crippen LogP) is 2.85. The van der Waals surface area contributed by atoms with Crippen molar-refractivity contribution < 1.29 is 9.00 Å². The second kappa shape index (κ2) is 3.44. The summed E-state index contributed by atoms with van der Waals surface area (Å²) in [6, 6.07) is 0. The first-order valence-electron chi connectivity index (χ1n) is 5.08. The average molecular weight is 269 g/mol. The molecule has 86 valence electrons. The Labute approximate surface area is 102 Å². The van der Waals surface area contributed by atoms with E-state index in [-0.39, 0.29) is 11.2 Å². The van der Waals surface area contributed by atoms with E-state index in [4.69, 9.17) is 22.3 Å². The molecule has 0 saturated heterocycles. The highest BCUT2D eigenvalue weighted by molar-refractivity contribution is 8.09. The fraction of sp³-hybridized carbons (Fsp3) is 0.900. The summed E-state index contributed by atoms with van der Waals surface area (Å²) in [4.78, 5) is 12.0. The second-order valence-electron chi connectivity index (χ2n) is 5.12. The Bertz CT molecular complexity index is 342. The Morgan fingerprint density at radius 1 is 1.53 bits per heavy atom. The Balaban J connectivity index is 2.48. The highest BCUT2D eigenvalue weighted by Gasteiger charge is 2.68. The maximum atomic E-state index is 12.0. The van der Waals surface area contributed by atoms with Crippen LogP contribution in [-0.4, -0.2) is 14.7 Å². The molecule has 4 unspecified atom stereocenters. The molecule has 2 aliphatic carbocycles. The van der Waals surface area contributed by atoms with Crippen molar-refractivity contribution in [3.63, 3.8) is 0 Å². The van der Waals surface area contributed by atoms with Gasteiger partial charge in [-0.25, -0.2) is 4.21 Å². The Morgan fingerprint density at radius 2 is 2.13 bits per heavy atom. The van der Waals surface area contributed by atoms with Crippen LogP contribution in [0.2, 0.25) is 0 Å². The lowest BCUT2D eigenvalue weighted by molar-refractivity contribution is -0.128. The molecule has 0 radical (unpaired) electrons. The summed E-state index contributed by atoms with van der Waals surface area (Å²) >= 11 is 6.13. The van der Waals surface area contributed by atoms with Crippen LogP contribution in [-0.2, 0) is 14.8 Å². The first kappa shape index (κ1) is 11.9. The molecule has 0 aromatic carbocycles. The van der Waals surface area contributed by atoms with Crippen LogP contribution in [0, 0.1) is 16.7 Å². The van der Waals surface area contributed by atoms with E-state index < -0.39 is 20.1 Å². The average Bonchev–Trinajstić information content (AvgIpc) is 2.49. The molecule has 0 amide bonds. The van der Waals surface area contributed by atoms with Gasteiger partial charge in [0.25, 0.3) is 0 Å². The van der Waals surface area contributed by atoms with E-state index in [0.717, 1.165) is 12.8 Å². The summed E-state index contributed by atoms with van der Waals surface area (Å²) < 4.78 is 10.6. The number of Topliss-reactive ketones (excluding diaryl/α,β-unsaturated/α-hetero) is 1. The molecule has 0 heterocycles. The van der Waals surface area contributed by atoms with Crippen molar-refractivity contribution in [3.8, 4) is 0 Å². The first-order chi connectivity index (χ1) is 6.84. The summed E-state index contributed by atoms with van der Waals surface area (Å²) in [6.07, 6.45) is 2.30. The third kappa shape index (κ3) is 1.29. The van der Waals surface area contributed by atoms with E-state index in [9.17, 15) is 9.00 Å². The van der Waals surface area contributed by atoms with Crippen molar-refractivity contribution in [1.82, 2.24) is 0 Å². The monoisotopic (exact) mass is 268 g/mol. The van der Waals surface area contributed by atoms with Crippen molar-refractivity contribution in [2.24, 2.45) is 16.7 Å². The molecule has 15 heavy (non-hydrogen) atoms. The highest BCUT2D eigenvalue weighted by atomic mass is 35.7. The normalized spacial score (nSPS) is 41.9. The van der Waals surface area contributed by atoms with Crippen LogP contribution in [0.1, 0.15) is 33.1 Å². The number of fused-ring (bicyclic) bond motifs is 2. The summed E-state index contributed by atoms with van der Waals surface area (Å²) in [5.74, 6) is 0.532. The molecule has 4 atom stereocenters. The summed E-state index contributed by atoms with van der Waals surface area (Å²) in [7, 11) is 3.91. The van der Waals surface area contributed by atoms with Gasteiger partial charge in [-0.2, -0.15) is 0 Å². The van der Waals surface area contributed by atoms with Gasteiger partial charge in [-0.15, -0.1) is 11.6 Å². The topological polar surface area (TPSA) is 34.1 Å². The van der Waals surface area contributed by atoms with Crippen molar-refractivity contribution in [2.45, 2.75) is 37.8 Å². The van der Waals surface area contributed by atoms with E-state index in [2.05, 4.69) is 13.8 Å². The van der Waals surface area contributed by atoms with E-state index in [1.54, 1.807) is 0 Å². The molecule has 2 saturated carbocycles. The fourth-order valence-corrected chi connectivity index (χ4v) is 5.24. The Hall–Kier alpha value is 0.400. The molecule has 2 rings (SSSR count). The van der Waals surface area contributed by atoms with Gasteiger partial charge >= 0.3 is 0 Å². The molecule has 2 aliphatic rings. The summed E-state index contributed by atoms with van der Waals surface area (Å²) in [6.45, 7) is 4.10. The molecule has 2 bridgehead atoms. The van der Waals surface area contributed by atoms with Crippen LogP contribution in [0.15, 0.2) is 0 Å². The number of rotatable bonds is 2. The van der Waals surface area contributed by atoms with Gasteiger partial charge in [-0.1, -0.05) is 13.8 Å². The standard InChI is InChI=1S/C10H14Cl2O2S/c1-9(2)6-3-4-10(9,7(13)5-6)8(11)15(12)14/h6,8H,3-5H2,1-2H3. The lowest BCUT2D eigenvalue weighted by atomic mass is 9.70. The molecule has 0 aromatic rings. The van der Waals surface area contributed by atoms with Gasteiger partial charge in [0, 0.05) is 6.42 Å². The molecule has 0 aliphatic heterocycles. The van der Waals surface area contributed by atoms with E-state index >= 15 is 0 Å². The molecular formula is C10H14Cl2O2S. The number of hydrogen-bond donors (Lipinski definition) is 0. The molecular weight excluding hydrogens is 255 g/mol. The number of hydrogen-bond acceptors (Lipinski definition) is 2. The highest BCUT2D eigenvalue weighted by Crippen LogP contribution is 2.66. The van der Waals surface area contributed by atoms with Gasteiger partial charge in [0.05, 0.1) is 5.41 Å². The maximum absolute atomic E-state index is 12.0. The minimum atomic E-state index is -1.66. The number of alkyl halides is 1. The van der Waals surface area contributed by atoms with Crippen molar-refractivity contribution in [3.05, 3.63) is 0 Å². The molecule has 2 fully saturated rings. The molecule has 5 heteroatoms. The summed E-state index contributed by atoms with van der Waals surface area (Å²) in [5, 5.41) is 0. The first-order valence-corrected chi connectivity index (χ1v) is 7.56. The van der Waals surface area contributed by atoms with E-state index in [1.165, 1.54) is 0 Å². The summed E-state index contributed by atoms with van der Waals surface area (Å²) in [5.41, 5.74) is -0.827. The SMILES string of the molecule is CC1(C)C2CCC1(C(Cl)S(=O)Cl)C(=O)C2. The zero-order valence-corrected chi connectivity index (χ0v) is 11.1. The van der Waals surface area contributed by atoms with Crippen molar-refractivity contribution in [1.29, 1.82) is 0 Å². The van der Waals surface area contributed by atoms with Crippen LogP contribution in [0.3, 0.4) is 0 Å². The maximum Gasteiger partial charge on any atom is 0.142 e.